The van der Waals surface area contributed by atoms with E-state index in [0.717, 1.165) is 32.2 Å². The van der Waals surface area contributed by atoms with Gasteiger partial charge in [-0.2, -0.15) is 0 Å². The minimum atomic E-state index is 0.199. The summed E-state index contributed by atoms with van der Waals surface area (Å²) >= 11 is 0. The van der Waals surface area contributed by atoms with Gasteiger partial charge in [0, 0.05) is 37.1 Å². The number of nitrogens with zero attached hydrogens (tertiary/aromatic N) is 2. The summed E-state index contributed by atoms with van der Waals surface area (Å²) in [7, 11) is 0. The fourth-order valence-electron chi connectivity index (χ4n) is 4.57. The van der Waals surface area contributed by atoms with Crippen LogP contribution in [0.3, 0.4) is 0 Å². The number of nitrogens with one attached hydrogen (secondary N) is 2. The Hall–Kier alpha value is -0.810. The molecule has 0 spiro atoms. The molecule has 3 atom stereocenters. The van der Waals surface area contributed by atoms with Crippen LogP contribution >= 0.6 is 0 Å². The molecule has 2 N–H and O–H groups in total. The van der Waals surface area contributed by atoms with Gasteiger partial charge in [-0.15, -0.1) is 0 Å². The van der Waals surface area contributed by atoms with Gasteiger partial charge in [0.1, 0.15) is 0 Å². The highest BCUT2D eigenvalue weighted by Crippen LogP contribution is 2.52. The lowest BCUT2D eigenvalue weighted by atomic mass is 9.57. The normalized spacial score (nSPS) is 33.9. The lowest BCUT2D eigenvalue weighted by molar-refractivity contribution is -0.106. The Bertz CT molecular complexity index is 417. The maximum Gasteiger partial charge on any atom is 0.191 e. The number of rotatable bonds is 5. The number of fused-ring (bicyclic) bond motifs is 1. The number of hydrogen-bond acceptors (Lipinski definition) is 3. The Morgan fingerprint density at radius 1 is 1.26 bits per heavy atom. The third-order valence-corrected chi connectivity index (χ3v) is 5.87. The molecule has 1 aliphatic carbocycles. The third kappa shape index (κ3) is 3.66. The van der Waals surface area contributed by atoms with Crippen molar-refractivity contribution in [3.05, 3.63) is 0 Å². The maximum absolute atomic E-state index is 5.89. The van der Waals surface area contributed by atoms with Crippen LogP contribution in [-0.4, -0.2) is 62.3 Å². The minimum absolute atomic E-state index is 0.199. The molecule has 5 nitrogen and oxygen atoms in total. The molecular formula is C18H34N4O. The molecule has 0 aromatic heterocycles. The first kappa shape index (κ1) is 17.0. The molecule has 23 heavy (non-hydrogen) atoms. The number of ether oxygens (including phenoxy) is 1. The summed E-state index contributed by atoms with van der Waals surface area (Å²) in [4.78, 5) is 7.37. The molecule has 1 saturated carbocycles. The van der Waals surface area contributed by atoms with E-state index < -0.39 is 0 Å². The first-order valence-electron chi connectivity index (χ1n) is 9.51. The molecule has 132 valence electrons. The molecular weight excluding hydrogens is 288 g/mol. The summed E-state index contributed by atoms with van der Waals surface area (Å²) in [6, 6.07) is 0.475. The number of hydrogen-bond donors (Lipinski definition) is 2. The first-order valence-corrected chi connectivity index (χ1v) is 9.51. The van der Waals surface area contributed by atoms with Crippen LogP contribution in [0.15, 0.2) is 4.99 Å². The summed E-state index contributed by atoms with van der Waals surface area (Å²) in [6.45, 7) is 13.0. The van der Waals surface area contributed by atoms with E-state index in [1.54, 1.807) is 0 Å². The Balaban J connectivity index is 1.52. The monoisotopic (exact) mass is 322 g/mol. The predicted octanol–water partition coefficient (Wildman–Crippen LogP) is 1.84. The van der Waals surface area contributed by atoms with Crippen LogP contribution in [0.4, 0.5) is 0 Å². The lowest BCUT2D eigenvalue weighted by Crippen LogP contribution is -2.68. The molecule has 2 saturated heterocycles. The predicted molar refractivity (Wildman–Crippen MR) is 94.8 cm³/mol. The van der Waals surface area contributed by atoms with E-state index in [4.69, 9.17) is 9.73 Å². The van der Waals surface area contributed by atoms with Crippen molar-refractivity contribution in [1.29, 1.82) is 0 Å². The SMILES string of the molecule is CCNC(=NCCN1CCCCC1)NC1C2CCOC2C1(C)C. The number of piperidine rings is 1. The lowest BCUT2D eigenvalue weighted by Gasteiger charge is -2.54. The van der Waals surface area contributed by atoms with Gasteiger partial charge >= 0.3 is 0 Å². The van der Waals surface area contributed by atoms with Crippen molar-refractivity contribution in [2.75, 3.05) is 39.3 Å². The van der Waals surface area contributed by atoms with Gasteiger partial charge in [-0.25, -0.2) is 0 Å². The van der Waals surface area contributed by atoms with Gasteiger partial charge in [0.15, 0.2) is 5.96 Å². The van der Waals surface area contributed by atoms with Crippen molar-refractivity contribution in [1.82, 2.24) is 15.5 Å². The molecule has 0 aromatic rings. The van der Waals surface area contributed by atoms with Gasteiger partial charge < -0.3 is 20.3 Å². The van der Waals surface area contributed by atoms with E-state index in [2.05, 4.69) is 36.3 Å². The van der Waals surface area contributed by atoms with E-state index in [0.29, 0.717) is 18.1 Å². The maximum atomic E-state index is 5.89. The van der Waals surface area contributed by atoms with Gasteiger partial charge in [0.2, 0.25) is 0 Å². The van der Waals surface area contributed by atoms with Crippen LogP contribution in [-0.2, 0) is 4.74 Å². The topological polar surface area (TPSA) is 48.9 Å². The molecule has 0 radical (unpaired) electrons. The molecule has 3 fully saturated rings. The van der Waals surface area contributed by atoms with Crippen LogP contribution in [0.5, 0.6) is 0 Å². The molecule has 0 aromatic carbocycles. The van der Waals surface area contributed by atoms with Crippen molar-refractivity contribution in [2.24, 2.45) is 16.3 Å². The standard InChI is InChI=1S/C18H34N4O/c1-4-19-17(20-9-12-22-10-6-5-7-11-22)21-15-14-8-13-23-16(14)18(15,2)3/h14-16H,4-13H2,1-3H3,(H2,19,20,21). The molecule has 0 bridgehead atoms. The van der Waals surface area contributed by atoms with Crippen LogP contribution in [0.2, 0.25) is 0 Å². The van der Waals surface area contributed by atoms with Gasteiger partial charge in [-0.1, -0.05) is 20.3 Å². The second-order valence-electron chi connectivity index (χ2n) is 7.85. The highest BCUT2D eigenvalue weighted by Gasteiger charge is 2.59. The Morgan fingerprint density at radius 3 is 2.78 bits per heavy atom. The zero-order chi connectivity index (χ0) is 16.3. The number of aliphatic imine (C=N–C) groups is 1. The van der Waals surface area contributed by atoms with Crippen molar-refractivity contribution in [3.63, 3.8) is 0 Å². The molecule has 3 aliphatic rings. The van der Waals surface area contributed by atoms with Gasteiger partial charge in [0.05, 0.1) is 12.6 Å². The van der Waals surface area contributed by atoms with Crippen molar-refractivity contribution in [3.8, 4) is 0 Å². The van der Waals surface area contributed by atoms with E-state index in [-0.39, 0.29) is 5.41 Å². The molecule has 0 amide bonds. The van der Waals surface area contributed by atoms with Gasteiger partial charge in [-0.05, 0) is 39.3 Å². The van der Waals surface area contributed by atoms with E-state index in [9.17, 15) is 0 Å². The Kier molecular flexibility index (Phi) is 5.47. The van der Waals surface area contributed by atoms with Crippen molar-refractivity contribution >= 4 is 5.96 Å². The molecule has 3 rings (SSSR count). The number of likely N-dealkylation sites (tertiary alicyclic amines) is 1. The summed E-state index contributed by atoms with van der Waals surface area (Å²) in [6.07, 6.45) is 5.70. The summed E-state index contributed by atoms with van der Waals surface area (Å²) in [5, 5.41) is 7.11. The Morgan fingerprint density at radius 2 is 2.04 bits per heavy atom. The zero-order valence-corrected chi connectivity index (χ0v) is 15.1. The van der Waals surface area contributed by atoms with E-state index >= 15 is 0 Å². The zero-order valence-electron chi connectivity index (χ0n) is 15.1. The van der Waals surface area contributed by atoms with Crippen molar-refractivity contribution in [2.45, 2.75) is 58.6 Å². The van der Waals surface area contributed by atoms with Crippen molar-refractivity contribution < 1.29 is 4.74 Å². The fraction of sp³-hybridized carbons (Fsp3) is 0.944. The highest BCUT2D eigenvalue weighted by atomic mass is 16.5. The highest BCUT2D eigenvalue weighted by molar-refractivity contribution is 5.80. The molecule has 2 heterocycles. The summed E-state index contributed by atoms with van der Waals surface area (Å²) < 4.78 is 5.89. The van der Waals surface area contributed by atoms with Crippen LogP contribution in [0, 0.1) is 11.3 Å². The Labute approximate surface area is 141 Å². The van der Waals surface area contributed by atoms with Crippen LogP contribution < -0.4 is 10.6 Å². The summed E-state index contributed by atoms with van der Waals surface area (Å²) in [5.74, 6) is 1.63. The summed E-state index contributed by atoms with van der Waals surface area (Å²) in [5.41, 5.74) is 0.199. The number of guanidine groups is 1. The minimum Gasteiger partial charge on any atom is -0.377 e. The second-order valence-corrected chi connectivity index (χ2v) is 7.85. The third-order valence-electron chi connectivity index (χ3n) is 5.87. The average Bonchev–Trinajstić information content (AvgIpc) is 3.00. The quantitative estimate of drug-likeness (QED) is 0.599. The van der Waals surface area contributed by atoms with Gasteiger partial charge in [-0.3, -0.25) is 4.99 Å². The molecule has 2 aliphatic heterocycles. The van der Waals surface area contributed by atoms with Gasteiger partial charge in [0.25, 0.3) is 0 Å². The largest absolute Gasteiger partial charge is 0.377 e. The van der Waals surface area contributed by atoms with Crippen LogP contribution in [0.25, 0.3) is 0 Å². The average molecular weight is 322 g/mol. The van der Waals surface area contributed by atoms with E-state index in [1.807, 2.05) is 0 Å². The molecule has 3 unspecified atom stereocenters. The van der Waals surface area contributed by atoms with Crippen LogP contribution in [0.1, 0.15) is 46.5 Å². The first-order chi connectivity index (χ1) is 11.1. The second kappa shape index (κ2) is 7.39. The smallest absolute Gasteiger partial charge is 0.191 e. The van der Waals surface area contributed by atoms with E-state index in [1.165, 1.54) is 38.8 Å². The molecule has 5 heteroatoms. The fourth-order valence-corrected chi connectivity index (χ4v) is 4.57.